The van der Waals surface area contributed by atoms with E-state index in [0.717, 1.165) is 11.3 Å². The van der Waals surface area contributed by atoms with Crippen molar-refractivity contribution >= 4 is 23.5 Å². The Morgan fingerprint density at radius 3 is 2.65 bits per heavy atom. The van der Waals surface area contributed by atoms with Gasteiger partial charge in [-0.2, -0.15) is 5.10 Å². The number of nitrogens with zero attached hydrogens (tertiary/aromatic N) is 3. The van der Waals surface area contributed by atoms with Gasteiger partial charge in [-0.05, 0) is 17.7 Å². The van der Waals surface area contributed by atoms with Gasteiger partial charge in [0.2, 0.25) is 5.91 Å². The third-order valence-electron chi connectivity index (χ3n) is 4.02. The molecule has 0 fully saturated rings. The van der Waals surface area contributed by atoms with Gasteiger partial charge in [0.05, 0.1) is 12.1 Å². The molecule has 1 aliphatic heterocycles. The minimum Gasteiger partial charge on any atom is -0.477 e. The van der Waals surface area contributed by atoms with Gasteiger partial charge in [-0.15, -0.1) is 0 Å². The van der Waals surface area contributed by atoms with Crippen LogP contribution in [0.1, 0.15) is 27.3 Å². The molecule has 7 heteroatoms. The molecule has 1 aromatic heterocycles. The fourth-order valence-corrected chi connectivity index (χ4v) is 3.00. The SMILES string of the molecule is Cn1nc2c(c1C(=O)O)CN(C(=O)Cc1ccc(Cl)cc1)CC2. The summed E-state index contributed by atoms with van der Waals surface area (Å²) >= 11 is 5.84. The lowest BCUT2D eigenvalue weighted by molar-refractivity contribution is -0.131. The van der Waals surface area contributed by atoms with E-state index in [1.165, 1.54) is 4.68 Å². The number of carbonyl (C=O) groups is 2. The molecule has 0 saturated carbocycles. The van der Waals surface area contributed by atoms with Gasteiger partial charge < -0.3 is 10.0 Å². The number of hydrogen-bond donors (Lipinski definition) is 1. The van der Waals surface area contributed by atoms with Crippen LogP contribution >= 0.6 is 11.6 Å². The van der Waals surface area contributed by atoms with Gasteiger partial charge in [-0.3, -0.25) is 9.48 Å². The van der Waals surface area contributed by atoms with Crippen LogP contribution in [0, 0.1) is 0 Å². The molecule has 3 rings (SSSR count). The summed E-state index contributed by atoms with van der Waals surface area (Å²) in [6.07, 6.45) is 0.845. The van der Waals surface area contributed by atoms with Crippen LogP contribution in [0.15, 0.2) is 24.3 Å². The van der Waals surface area contributed by atoms with Gasteiger partial charge in [0.25, 0.3) is 0 Å². The second-order valence-electron chi connectivity index (χ2n) is 5.57. The maximum Gasteiger partial charge on any atom is 0.354 e. The maximum absolute atomic E-state index is 12.5. The highest BCUT2D eigenvalue weighted by atomic mass is 35.5. The molecule has 0 spiro atoms. The molecule has 0 aliphatic carbocycles. The van der Waals surface area contributed by atoms with E-state index in [4.69, 9.17) is 11.6 Å². The molecule has 1 N–H and O–H groups in total. The fourth-order valence-electron chi connectivity index (χ4n) is 2.87. The molecule has 23 heavy (non-hydrogen) atoms. The Hall–Kier alpha value is -2.34. The predicted octanol–water partition coefficient (Wildman–Crippen LogP) is 1.90. The molecule has 6 nitrogen and oxygen atoms in total. The third-order valence-corrected chi connectivity index (χ3v) is 4.27. The number of aromatic carboxylic acids is 1. The van der Waals surface area contributed by atoms with Gasteiger partial charge in [0, 0.05) is 37.1 Å². The van der Waals surface area contributed by atoms with Crippen LogP contribution < -0.4 is 0 Å². The van der Waals surface area contributed by atoms with Crippen molar-refractivity contribution < 1.29 is 14.7 Å². The van der Waals surface area contributed by atoms with Crippen molar-refractivity contribution in [2.24, 2.45) is 7.05 Å². The van der Waals surface area contributed by atoms with Crippen molar-refractivity contribution in [3.05, 3.63) is 51.8 Å². The Morgan fingerprint density at radius 1 is 1.30 bits per heavy atom. The molecule has 2 aromatic rings. The van der Waals surface area contributed by atoms with E-state index in [1.54, 1.807) is 24.1 Å². The minimum atomic E-state index is -1.02. The topological polar surface area (TPSA) is 75.4 Å². The second-order valence-corrected chi connectivity index (χ2v) is 6.01. The molecule has 0 radical (unpaired) electrons. The molecule has 1 aliphatic rings. The van der Waals surface area contributed by atoms with E-state index in [-0.39, 0.29) is 24.6 Å². The Kier molecular flexibility index (Phi) is 4.09. The molecule has 0 atom stereocenters. The number of carboxylic acid groups (broad SMARTS) is 1. The summed E-state index contributed by atoms with van der Waals surface area (Å²) in [6.45, 7) is 0.840. The van der Waals surface area contributed by atoms with Crippen LogP contribution in [0.25, 0.3) is 0 Å². The minimum absolute atomic E-state index is 0.0295. The number of aryl methyl sites for hydroxylation is 1. The van der Waals surface area contributed by atoms with Gasteiger partial charge >= 0.3 is 5.97 Å². The zero-order valence-corrected chi connectivity index (χ0v) is 13.4. The summed E-state index contributed by atoms with van der Waals surface area (Å²) < 4.78 is 1.38. The predicted molar refractivity (Wildman–Crippen MR) is 84.4 cm³/mol. The van der Waals surface area contributed by atoms with Crippen LogP contribution in [0.4, 0.5) is 0 Å². The number of amides is 1. The van der Waals surface area contributed by atoms with Crippen molar-refractivity contribution in [1.29, 1.82) is 0 Å². The number of fused-ring (bicyclic) bond motifs is 1. The lowest BCUT2D eigenvalue weighted by Crippen LogP contribution is -2.37. The van der Waals surface area contributed by atoms with Gasteiger partial charge in [0.1, 0.15) is 0 Å². The molecule has 0 saturated heterocycles. The van der Waals surface area contributed by atoms with Crippen LogP contribution in [0.2, 0.25) is 5.02 Å². The fraction of sp³-hybridized carbons (Fsp3) is 0.312. The first-order valence-corrected chi connectivity index (χ1v) is 7.63. The van der Waals surface area contributed by atoms with Crippen molar-refractivity contribution in [2.45, 2.75) is 19.4 Å². The zero-order chi connectivity index (χ0) is 16.6. The molecule has 1 amide bonds. The normalized spacial score (nSPS) is 13.7. The average Bonchev–Trinajstić information content (AvgIpc) is 2.84. The van der Waals surface area contributed by atoms with E-state index >= 15 is 0 Å². The lowest BCUT2D eigenvalue weighted by Gasteiger charge is -2.26. The summed E-state index contributed by atoms with van der Waals surface area (Å²) in [5.74, 6) is -1.05. The quantitative estimate of drug-likeness (QED) is 0.930. The second kappa shape index (κ2) is 6.04. The molecule has 2 heterocycles. The zero-order valence-electron chi connectivity index (χ0n) is 12.6. The summed E-state index contributed by atoms with van der Waals surface area (Å²) in [5.41, 5.74) is 2.44. The maximum atomic E-state index is 12.5. The first-order chi connectivity index (χ1) is 11.0. The van der Waals surface area contributed by atoms with E-state index in [0.29, 0.717) is 23.6 Å². The van der Waals surface area contributed by atoms with Crippen LogP contribution in [0.3, 0.4) is 0 Å². The van der Waals surface area contributed by atoms with Crippen molar-refractivity contribution in [1.82, 2.24) is 14.7 Å². The third kappa shape index (κ3) is 3.07. The number of aromatic nitrogens is 2. The van der Waals surface area contributed by atoms with Gasteiger partial charge in [-0.25, -0.2) is 4.79 Å². The monoisotopic (exact) mass is 333 g/mol. The molecule has 0 unspecified atom stereocenters. The number of halogens is 1. The number of carbonyl (C=O) groups excluding carboxylic acids is 1. The first-order valence-electron chi connectivity index (χ1n) is 7.26. The highest BCUT2D eigenvalue weighted by Crippen LogP contribution is 2.22. The Labute approximate surface area is 138 Å². The van der Waals surface area contributed by atoms with Crippen molar-refractivity contribution in [3.63, 3.8) is 0 Å². The molecule has 120 valence electrons. The van der Waals surface area contributed by atoms with Crippen molar-refractivity contribution in [3.8, 4) is 0 Å². The summed E-state index contributed by atoms with van der Waals surface area (Å²) in [4.78, 5) is 25.5. The smallest absolute Gasteiger partial charge is 0.354 e. The first kappa shape index (κ1) is 15.6. The standard InChI is InChI=1S/C16H16ClN3O3/c1-19-15(16(22)23)12-9-20(7-6-13(12)18-19)14(21)8-10-2-4-11(17)5-3-10/h2-5H,6-9H2,1H3,(H,22,23). The van der Waals surface area contributed by atoms with Crippen LogP contribution in [-0.2, 0) is 31.2 Å². The number of carboxylic acids is 1. The highest BCUT2D eigenvalue weighted by Gasteiger charge is 2.29. The van der Waals surface area contributed by atoms with Crippen molar-refractivity contribution in [2.75, 3.05) is 6.54 Å². The molecular formula is C16H16ClN3O3. The van der Waals surface area contributed by atoms with E-state index in [1.807, 2.05) is 12.1 Å². The highest BCUT2D eigenvalue weighted by molar-refractivity contribution is 6.30. The van der Waals surface area contributed by atoms with E-state index < -0.39 is 5.97 Å². The van der Waals surface area contributed by atoms with E-state index in [9.17, 15) is 14.7 Å². The lowest BCUT2D eigenvalue weighted by atomic mass is 10.0. The Bertz CT molecular complexity index is 768. The van der Waals surface area contributed by atoms with Crippen LogP contribution in [-0.4, -0.2) is 38.2 Å². The average molecular weight is 334 g/mol. The summed E-state index contributed by atoms with van der Waals surface area (Å²) in [7, 11) is 1.61. The van der Waals surface area contributed by atoms with Gasteiger partial charge in [0.15, 0.2) is 5.69 Å². The largest absolute Gasteiger partial charge is 0.477 e. The molecule has 0 bridgehead atoms. The van der Waals surface area contributed by atoms with E-state index in [2.05, 4.69) is 5.10 Å². The number of benzene rings is 1. The number of rotatable bonds is 3. The Balaban J connectivity index is 1.77. The summed E-state index contributed by atoms with van der Waals surface area (Å²) in [5, 5.41) is 14.2. The molecular weight excluding hydrogens is 318 g/mol. The number of hydrogen-bond acceptors (Lipinski definition) is 3. The van der Waals surface area contributed by atoms with Crippen LogP contribution in [0.5, 0.6) is 0 Å². The molecule has 1 aromatic carbocycles. The summed E-state index contributed by atoms with van der Waals surface area (Å²) in [6, 6.07) is 7.15. The van der Waals surface area contributed by atoms with Gasteiger partial charge in [-0.1, -0.05) is 23.7 Å². The Morgan fingerprint density at radius 2 is 2.00 bits per heavy atom.